The number of nitro groups is 1. The third-order valence-corrected chi connectivity index (χ3v) is 5.17. The Kier molecular flexibility index (Phi) is 7.11. The minimum absolute atomic E-state index is 0.00340. The first-order valence-corrected chi connectivity index (χ1v) is 11.5. The summed E-state index contributed by atoms with van der Waals surface area (Å²) in [5, 5.41) is 14.1. The van der Waals surface area contributed by atoms with E-state index in [1.54, 1.807) is 24.3 Å². The first-order valence-electron chi connectivity index (χ1n) is 9.65. The van der Waals surface area contributed by atoms with Gasteiger partial charge in [-0.05, 0) is 43.5 Å². The van der Waals surface area contributed by atoms with Crippen LogP contribution in [-0.2, 0) is 16.4 Å². The molecule has 1 atom stereocenters. The third-order valence-electron chi connectivity index (χ3n) is 4.57. The standard InChI is InChI=1S/C20H25N3O6S/c1-30(26,27)22-16-8-6-15-7-9-19(29-20(15)12-16)14-21-10-3-11-28-18-5-2-4-17(13-18)23(24)25/h2,4-6,8,12-13,19,21-22H,3,7,9-11,14H2,1H3. The van der Waals surface area contributed by atoms with E-state index in [9.17, 15) is 18.5 Å². The van der Waals surface area contributed by atoms with Crippen molar-refractivity contribution in [2.24, 2.45) is 0 Å². The molecule has 0 saturated heterocycles. The van der Waals surface area contributed by atoms with Crippen LogP contribution in [0.4, 0.5) is 11.4 Å². The van der Waals surface area contributed by atoms with Crippen LogP contribution in [0.2, 0.25) is 0 Å². The van der Waals surface area contributed by atoms with Crippen LogP contribution >= 0.6 is 0 Å². The van der Waals surface area contributed by atoms with Gasteiger partial charge in [0.15, 0.2) is 0 Å². The number of hydrogen-bond donors (Lipinski definition) is 2. The van der Waals surface area contributed by atoms with Gasteiger partial charge in [-0.15, -0.1) is 0 Å². The van der Waals surface area contributed by atoms with Gasteiger partial charge in [0.25, 0.3) is 5.69 Å². The lowest BCUT2D eigenvalue weighted by Crippen LogP contribution is -2.35. The number of nitrogens with zero attached hydrogens (tertiary/aromatic N) is 1. The molecule has 10 heteroatoms. The summed E-state index contributed by atoms with van der Waals surface area (Å²) in [4.78, 5) is 10.3. The topological polar surface area (TPSA) is 120 Å². The molecule has 0 bridgehead atoms. The minimum atomic E-state index is -3.33. The van der Waals surface area contributed by atoms with Gasteiger partial charge in [-0.25, -0.2) is 8.42 Å². The summed E-state index contributed by atoms with van der Waals surface area (Å²) in [5.41, 5.74) is 1.56. The zero-order chi connectivity index (χ0) is 21.6. The van der Waals surface area contributed by atoms with Gasteiger partial charge in [0, 0.05) is 18.7 Å². The molecule has 9 nitrogen and oxygen atoms in total. The van der Waals surface area contributed by atoms with Crippen molar-refractivity contribution in [1.29, 1.82) is 0 Å². The van der Waals surface area contributed by atoms with E-state index >= 15 is 0 Å². The van der Waals surface area contributed by atoms with Gasteiger partial charge in [0.2, 0.25) is 10.0 Å². The lowest BCUT2D eigenvalue weighted by Gasteiger charge is -2.27. The number of nitro benzene ring substituents is 1. The van der Waals surface area contributed by atoms with Crippen molar-refractivity contribution in [2.75, 3.05) is 30.7 Å². The quantitative estimate of drug-likeness (QED) is 0.334. The number of hydrogen-bond acceptors (Lipinski definition) is 7. The van der Waals surface area contributed by atoms with Crippen LogP contribution in [0.25, 0.3) is 0 Å². The number of benzene rings is 2. The highest BCUT2D eigenvalue weighted by atomic mass is 32.2. The van der Waals surface area contributed by atoms with Crippen molar-refractivity contribution in [3.05, 3.63) is 58.1 Å². The number of sulfonamides is 1. The van der Waals surface area contributed by atoms with E-state index in [1.807, 2.05) is 6.07 Å². The van der Waals surface area contributed by atoms with Gasteiger partial charge in [-0.3, -0.25) is 14.8 Å². The highest BCUT2D eigenvalue weighted by Gasteiger charge is 2.20. The Hall–Kier alpha value is -2.85. The first kappa shape index (κ1) is 21.8. The number of fused-ring (bicyclic) bond motifs is 1. The molecular formula is C20H25N3O6S. The molecule has 162 valence electrons. The number of nitrogens with one attached hydrogen (secondary N) is 2. The maximum absolute atomic E-state index is 11.4. The molecule has 30 heavy (non-hydrogen) atoms. The Balaban J connectivity index is 1.39. The number of non-ortho nitro benzene ring substituents is 1. The summed E-state index contributed by atoms with van der Waals surface area (Å²) >= 11 is 0. The molecule has 1 heterocycles. The predicted molar refractivity (Wildman–Crippen MR) is 114 cm³/mol. The fourth-order valence-electron chi connectivity index (χ4n) is 3.18. The molecule has 0 spiro atoms. The average Bonchev–Trinajstić information content (AvgIpc) is 2.69. The molecule has 2 aromatic rings. The van der Waals surface area contributed by atoms with Crippen molar-refractivity contribution >= 4 is 21.4 Å². The van der Waals surface area contributed by atoms with Crippen molar-refractivity contribution in [2.45, 2.75) is 25.4 Å². The summed E-state index contributed by atoms with van der Waals surface area (Å²) in [5.74, 6) is 1.19. The van der Waals surface area contributed by atoms with E-state index in [0.717, 1.165) is 37.6 Å². The van der Waals surface area contributed by atoms with Gasteiger partial charge in [-0.2, -0.15) is 0 Å². The van der Waals surface area contributed by atoms with E-state index in [-0.39, 0.29) is 11.8 Å². The van der Waals surface area contributed by atoms with Gasteiger partial charge >= 0.3 is 0 Å². The number of anilines is 1. The van der Waals surface area contributed by atoms with Gasteiger partial charge in [0.1, 0.15) is 17.6 Å². The summed E-state index contributed by atoms with van der Waals surface area (Å²) in [6.45, 7) is 1.83. The third kappa shape index (κ3) is 6.60. The van der Waals surface area contributed by atoms with E-state index < -0.39 is 14.9 Å². The zero-order valence-corrected chi connectivity index (χ0v) is 17.5. The highest BCUT2D eigenvalue weighted by molar-refractivity contribution is 7.92. The number of aryl methyl sites for hydroxylation is 1. The molecule has 0 saturated carbocycles. The van der Waals surface area contributed by atoms with Crippen LogP contribution < -0.4 is 19.5 Å². The van der Waals surface area contributed by atoms with Crippen LogP contribution in [0.3, 0.4) is 0 Å². The van der Waals surface area contributed by atoms with Gasteiger partial charge in [0.05, 0.1) is 29.5 Å². The molecule has 0 amide bonds. The van der Waals surface area contributed by atoms with Gasteiger partial charge in [-0.1, -0.05) is 12.1 Å². The zero-order valence-electron chi connectivity index (χ0n) is 16.7. The molecule has 0 aliphatic carbocycles. The lowest BCUT2D eigenvalue weighted by molar-refractivity contribution is -0.384. The van der Waals surface area contributed by atoms with Crippen molar-refractivity contribution < 1.29 is 22.8 Å². The van der Waals surface area contributed by atoms with Crippen LogP contribution in [0.15, 0.2) is 42.5 Å². The van der Waals surface area contributed by atoms with Crippen molar-refractivity contribution in [3.63, 3.8) is 0 Å². The fourth-order valence-corrected chi connectivity index (χ4v) is 3.74. The average molecular weight is 436 g/mol. The molecule has 1 aliphatic heterocycles. The molecule has 2 N–H and O–H groups in total. The largest absolute Gasteiger partial charge is 0.493 e. The fraction of sp³-hybridized carbons (Fsp3) is 0.400. The lowest BCUT2D eigenvalue weighted by atomic mass is 10.0. The van der Waals surface area contributed by atoms with Crippen molar-refractivity contribution in [3.8, 4) is 11.5 Å². The Labute approximate surface area is 175 Å². The van der Waals surface area contributed by atoms with Crippen LogP contribution in [0.5, 0.6) is 11.5 Å². The monoisotopic (exact) mass is 435 g/mol. The summed E-state index contributed by atoms with van der Waals surface area (Å²) in [7, 11) is -3.33. The van der Waals surface area contributed by atoms with E-state index in [2.05, 4.69) is 10.0 Å². The summed E-state index contributed by atoms with van der Waals surface area (Å²) < 4.78 is 36.8. The van der Waals surface area contributed by atoms with Crippen LogP contribution in [0, 0.1) is 10.1 Å². The molecule has 1 aliphatic rings. The van der Waals surface area contributed by atoms with Crippen LogP contribution in [0.1, 0.15) is 18.4 Å². The van der Waals surface area contributed by atoms with Crippen LogP contribution in [-0.4, -0.2) is 45.4 Å². The Morgan fingerprint density at radius 3 is 2.87 bits per heavy atom. The SMILES string of the molecule is CS(=O)(=O)Nc1ccc2c(c1)OC(CNCCCOc1cccc([N+](=O)[O-])c1)CC2. The second-order valence-electron chi connectivity index (χ2n) is 7.14. The molecular weight excluding hydrogens is 410 g/mol. The summed E-state index contributed by atoms with van der Waals surface area (Å²) in [6, 6.07) is 11.5. The molecule has 2 aromatic carbocycles. The minimum Gasteiger partial charge on any atom is -0.493 e. The first-order chi connectivity index (χ1) is 14.3. The molecule has 0 aromatic heterocycles. The highest BCUT2D eigenvalue weighted by Crippen LogP contribution is 2.30. The Morgan fingerprint density at radius 2 is 2.10 bits per heavy atom. The van der Waals surface area contributed by atoms with Gasteiger partial charge < -0.3 is 14.8 Å². The molecule has 1 unspecified atom stereocenters. The van der Waals surface area contributed by atoms with E-state index in [4.69, 9.17) is 9.47 Å². The Bertz CT molecular complexity index is 996. The van der Waals surface area contributed by atoms with E-state index in [1.165, 1.54) is 12.1 Å². The maximum atomic E-state index is 11.4. The second kappa shape index (κ2) is 9.77. The Morgan fingerprint density at radius 1 is 1.27 bits per heavy atom. The molecule has 3 rings (SSSR count). The predicted octanol–water partition coefficient (Wildman–Crippen LogP) is 2.72. The summed E-state index contributed by atoms with van der Waals surface area (Å²) in [6.07, 6.45) is 3.61. The molecule has 0 radical (unpaired) electrons. The smallest absolute Gasteiger partial charge is 0.273 e. The second-order valence-corrected chi connectivity index (χ2v) is 8.88. The van der Waals surface area contributed by atoms with Crippen molar-refractivity contribution in [1.82, 2.24) is 5.32 Å². The number of ether oxygens (including phenoxy) is 2. The normalized spacial score (nSPS) is 15.7. The number of rotatable bonds is 10. The molecule has 0 fully saturated rings. The maximum Gasteiger partial charge on any atom is 0.273 e. The van der Waals surface area contributed by atoms with E-state index in [0.29, 0.717) is 30.3 Å².